The lowest BCUT2D eigenvalue weighted by Crippen LogP contribution is -2.32. The number of nitrogens with one attached hydrogen (secondary N) is 2. The summed E-state index contributed by atoms with van der Waals surface area (Å²) in [6.45, 7) is 6.80. The number of benzene rings is 1. The molecule has 0 saturated carbocycles. The molecule has 0 spiro atoms. The molecule has 1 saturated heterocycles. The molecule has 2 N–H and O–H groups in total. The maximum absolute atomic E-state index is 3.78. The summed E-state index contributed by atoms with van der Waals surface area (Å²) in [4.78, 5) is 0. The Morgan fingerprint density at radius 3 is 2.88 bits per heavy atom. The first-order chi connectivity index (χ1) is 8.27. The van der Waals surface area contributed by atoms with Crippen molar-refractivity contribution in [3.63, 3.8) is 0 Å². The second kappa shape index (κ2) is 6.18. The Morgan fingerprint density at radius 2 is 2.06 bits per heavy atom. The van der Waals surface area contributed by atoms with E-state index in [4.69, 9.17) is 0 Å². The summed E-state index contributed by atoms with van der Waals surface area (Å²) in [6.07, 6.45) is 3.83. The molecule has 1 heterocycles. The normalized spacial score (nSPS) is 23.1. The number of aryl methyl sites for hydroxylation is 1. The summed E-state index contributed by atoms with van der Waals surface area (Å²) < 4.78 is 0. The maximum atomic E-state index is 3.78. The highest BCUT2D eigenvalue weighted by molar-refractivity contribution is 5.28. The molecule has 2 nitrogen and oxygen atoms in total. The van der Waals surface area contributed by atoms with E-state index in [0.717, 1.165) is 6.54 Å². The minimum atomic E-state index is 0.458. The van der Waals surface area contributed by atoms with Gasteiger partial charge in [-0.1, -0.05) is 24.3 Å². The minimum Gasteiger partial charge on any atom is -0.317 e. The standard InChI is InChI=1S/C15H24N2/c1-12-6-3-4-8-15(12)13(2)17-14-7-5-10-16-11-9-14/h3-4,6,8,13-14,16-17H,5,7,9-11H2,1-2H3. The van der Waals surface area contributed by atoms with Crippen molar-refractivity contribution in [3.05, 3.63) is 35.4 Å². The van der Waals surface area contributed by atoms with Gasteiger partial charge in [-0.15, -0.1) is 0 Å². The Hall–Kier alpha value is -0.860. The summed E-state index contributed by atoms with van der Waals surface area (Å²) in [5.74, 6) is 0. The van der Waals surface area contributed by atoms with Gasteiger partial charge in [-0.2, -0.15) is 0 Å². The number of hydrogen-bond acceptors (Lipinski definition) is 2. The highest BCUT2D eigenvalue weighted by Gasteiger charge is 2.15. The Kier molecular flexibility index (Phi) is 4.57. The molecule has 1 aliphatic heterocycles. The average molecular weight is 232 g/mol. The van der Waals surface area contributed by atoms with Crippen LogP contribution >= 0.6 is 0 Å². The molecule has 1 aromatic rings. The van der Waals surface area contributed by atoms with Crippen molar-refractivity contribution in [2.24, 2.45) is 0 Å². The third kappa shape index (κ3) is 3.55. The van der Waals surface area contributed by atoms with E-state index in [-0.39, 0.29) is 0 Å². The molecule has 94 valence electrons. The van der Waals surface area contributed by atoms with Crippen molar-refractivity contribution in [2.45, 2.75) is 45.2 Å². The van der Waals surface area contributed by atoms with Gasteiger partial charge in [-0.3, -0.25) is 0 Å². The molecule has 0 bridgehead atoms. The van der Waals surface area contributed by atoms with E-state index in [9.17, 15) is 0 Å². The first-order valence-electron chi connectivity index (χ1n) is 6.79. The van der Waals surface area contributed by atoms with Gasteiger partial charge in [0.2, 0.25) is 0 Å². The average Bonchev–Trinajstić information content (AvgIpc) is 2.58. The van der Waals surface area contributed by atoms with Gasteiger partial charge >= 0.3 is 0 Å². The number of hydrogen-bond donors (Lipinski definition) is 2. The first kappa shape index (κ1) is 12.6. The number of rotatable bonds is 3. The third-order valence-corrected chi connectivity index (χ3v) is 3.72. The highest BCUT2D eigenvalue weighted by Crippen LogP contribution is 2.19. The van der Waals surface area contributed by atoms with E-state index < -0.39 is 0 Å². The van der Waals surface area contributed by atoms with Crippen LogP contribution in [0, 0.1) is 6.92 Å². The molecule has 17 heavy (non-hydrogen) atoms. The predicted octanol–water partition coefficient (Wildman–Crippen LogP) is 2.79. The third-order valence-electron chi connectivity index (χ3n) is 3.72. The summed E-state index contributed by atoms with van der Waals surface area (Å²) in [7, 11) is 0. The molecular formula is C15H24N2. The maximum Gasteiger partial charge on any atom is 0.0296 e. The summed E-state index contributed by atoms with van der Waals surface area (Å²) in [5.41, 5.74) is 2.82. The van der Waals surface area contributed by atoms with Crippen molar-refractivity contribution in [2.75, 3.05) is 13.1 Å². The zero-order valence-corrected chi connectivity index (χ0v) is 11.0. The van der Waals surface area contributed by atoms with Gasteiger partial charge in [-0.25, -0.2) is 0 Å². The van der Waals surface area contributed by atoms with Gasteiger partial charge in [-0.05, 0) is 57.3 Å². The molecular weight excluding hydrogens is 208 g/mol. The van der Waals surface area contributed by atoms with Gasteiger partial charge in [0.25, 0.3) is 0 Å². The van der Waals surface area contributed by atoms with Crippen LogP contribution in [0.1, 0.15) is 43.4 Å². The van der Waals surface area contributed by atoms with E-state index in [0.29, 0.717) is 12.1 Å². The van der Waals surface area contributed by atoms with Gasteiger partial charge in [0, 0.05) is 12.1 Å². The molecule has 2 heteroatoms. The van der Waals surface area contributed by atoms with Crippen LogP contribution in [0.4, 0.5) is 0 Å². The van der Waals surface area contributed by atoms with Crippen molar-refractivity contribution < 1.29 is 0 Å². The van der Waals surface area contributed by atoms with Gasteiger partial charge < -0.3 is 10.6 Å². The van der Waals surface area contributed by atoms with Crippen molar-refractivity contribution >= 4 is 0 Å². The van der Waals surface area contributed by atoms with Gasteiger partial charge in [0.15, 0.2) is 0 Å². The summed E-state index contributed by atoms with van der Waals surface area (Å²) >= 11 is 0. The largest absolute Gasteiger partial charge is 0.317 e. The molecule has 2 rings (SSSR count). The van der Waals surface area contributed by atoms with Crippen molar-refractivity contribution in [3.8, 4) is 0 Å². The van der Waals surface area contributed by atoms with Crippen LogP contribution in [0.5, 0.6) is 0 Å². The second-order valence-electron chi connectivity index (χ2n) is 5.12. The second-order valence-corrected chi connectivity index (χ2v) is 5.12. The molecule has 0 aromatic heterocycles. The van der Waals surface area contributed by atoms with Crippen LogP contribution < -0.4 is 10.6 Å². The quantitative estimate of drug-likeness (QED) is 0.837. The van der Waals surface area contributed by atoms with Crippen LogP contribution in [0.3, 0.4) is 0 Å². The van der Waals surface area contributed by atoms with Crippen LogP contribution in [-0.2, 0) is 0 Å². The van der Waals surface area contributed by atoms with Crippen molar-refractivity contribution in [1.29, 1.82) is 0 Å². The topological polar surface area (TPSA) is 24.1 Å². The molecule has 1 aromatic carbocycles. The molecule has 0 amide bonds. The SMILES string of the molecule is Cc1ccccc1C(C)NC1CCCNCC1. The minimum absolute atomic E-state index is 0.458. The Balaban J connectivity index is 1.96. The van der Waals surface area contributed by atoms with Crippen LogP contribution in [0.15, 0.2) is 24.3 Å². The van der Waals surface area contributed by atoms with E-state index >= 15 is 0 Å². The fourth-order valence-electron chi connectivity index (χ4n) is 2.70. The summed E-state index contributed by atoms with van der Waals surface area (Å²) in [5, 5.41) is 7.24. The molecule has 2 atom stereocenters. The lowest BCUT2D eigenvalue weighted by Gasteiger charge is -2.23. The van der Waals surface area contributed by atoms with Crippen LogP contribution in [0.2, 0.25) is 0 Å². The van der Waals surface area contributed by atoms with Gasteiger partial charge in [0.1, 0.15) is 0 Å². The molecule has 0 radical (unpaired) electrons. The molecule has 2 unspecified atom stereocenters. The fourth-order valence-corrected chi connectivity index (χ4v) is 2.70. The zero-order valence-electron chi connectivity index (χ0n) is 11.0. The zero-order chi connectivity index (χ0) is 12.1. The van der Waals surface area contributed by atoms with Crippen LogP contribution in [0.25, 0.3) is 0 Å². The summed E-state index contributed by atoms with van der Waals surface area (Å²) in [6, 6.07) is 9.80. The Morgan fingerprint density at radius 1 is 1.24 bits per heavy atom. The van der Waals surface area contributed by atoms with E-state index in [2.05, 4.69) is 48.7 Å². The highest BCUT2D eigenvalue weighted by atomic mass is 15.0. The van der Waals surface area contributed by atoms with E-state index in [1.807, 2.05) is 0 Å². The first-order valence-corrected chi connectivity index (χ1v) is 6.79. The van der Waals surface area contributed by atoms with Crippen LogP contribution in [-0.4, -0.2) is 19.1 Å². The van der Waals surface area contributed by atoms with E-state index in [1.54, 1.807) is 0 Å². The predicted molar refractivity (Wildman–Crippen MR) is 73.2 cm³/mol. The Bertz CT molecular complexity index is 341. The smallest absolute Gasteiger partial charge is 0.0296 e. The monoisotopic (exact) mass is 232 g/mol. The van der Waals surface area contributed by atoms with Gasteiger partial charge in [0.05, 0.1) is 0 Å². The van der Waals surface area contributed by atoms with E-state index in [1.165, 1.54) is 36.9 Å². The Labute approximate surface area is 105 Å². The lowest BCUT2D eigenvalue weighted by atomic mass is 10.0. The molecule has 1 aliphatic rings. The lowest BCUT2D eigenvalue weighted by molar-refractivity contribution is 0.420. The fraction of sp³-hybridized carbons (Fsp3) is 0.600. The molecule has 0 aliphatic carbocycles. The van der Waals surface area contributed by atoms with Crippen molar-refractivity contribution in [1.82, 2.24) is 10.6 Å². The molecule has 1 fully saturated rings.